The van der Waals surface area contributed by atoms with Crippen LogP contribution in [0.2, 0.25) is 0 Å². The molecule has 3 atom stereocenters. The number of hydrogen-bond donors (Lipinski definition) is 1. The van der Waals surface area contributed by atoms with Crippen LogP contribution in [-0.2, 0) is 33.3 Å². The van der Waals surface area contributed by atoms with Crippen LogP contribution in [0.3, 0.4) is 0 Å². The van der Waals surface area contributed by atoms with Crippen LogP contribution in [0.15, 0.2) is 0 Å². The zero-order chi connectivity index (χ0) is 37.4. The van der Waals surface area contributed by atoms with Gasteiger partial charge in [-0.1, -0.05) is 0 Å². The van der Waals surface area contributed by atoms with Gasteiger partial charge in [-0.25, -0.2) is 24.1 Å². The largest absolute Gasteiger partial charge is 1.00 e. The van der Waals surface area contributed by atoms with E-state index in [9.17, 15) is 29.1 Å². The van der Waals surface area contributed by atoms with Gasteiger partial charge in [0.25, 0.3) is 0 Å². The average Bonchev–Trinajstić information content (AvgIpc) is 3.47. The van der Waals surface area contributed by atoms with E-state index >= 15 is 0 Å². The summed E-state index contributed by atoms with van der Waals surface area (Å²) in [5, 5.41) is 9.89. The molecule has 2 rings (SSSR count). The van der Waals surface area contributed by atoms with Crippen molar-refractivity contribution >= 4 is 38.4 Å². The Labute approximate surface area is 305 Å². The molecule has 14 heteroatoms. The first-order valence-corrected chi connectivity index (χ1v) is 15.6. The maximum absolute atomic E-state index is 12.1. The van der Waals surface area contributed by atoms with E-state index in [1.807, 2.05) is 0 Å². The minimum Gasteiger partial charge on any atom is -0.458 e. The minimum absolute atomic E-state index is 0. The zero-order valence-corrected chi connectivity index (χ0v) is 32.8. The predicted molar refractivity (Wildman–Crippen MR) is 184 cm³/mol. The van der Waals surface area contributed by atoms with Crippen molar-refractivity contribution in [1.82, 2.24) is 9.80 Å². The molecule has 12 nitrogen and oxygen atoms in total. The number of carbonyl (C=O) groups is 5. The standard InChI is InChI=1S/C14H25NO5.C14H23NO5.3C2H5.B.Li/c2*1-13(2,3)19-11(17)9-7-8-10(16)15(9)12(18)20-14(4,5)6;3*1-2;;/h9-10,16H,7-8H2,1-6H3;9H,7-8H2,1-6H3;3*1H2,2H3;;/q;;3*-1;;+1/t9-,10?;9-;;;;;/m00...../s1. The molecular weight excluding hydrogens is 614 g/mol. The van der Waals surface area contributed by atoms with Crippen molar-refractivity contribution in [2.24, 2.45) is 0 Å². The van der Waals surface area contributed by atoms with E-state index in [2.05, 4.69) is 20.8 Å². The molecule has 2 saturated heterocycles. The molecule has 3 radical (unpaired) electrons. The molecule has 48 heavy (non-hydrogen) atoms. The quantitative estimate of drug-likeness (QED) is 0.199. The van der Waals surface area contributed by atoms with Gasteiger partial charge < -0.3 is 44.8 Å². The monoisotopic (exact) mass is 677 g/mol. The molecule has 3 amide bonds. The second kappa shape index (κ2) is 24.0. The number of imide groups is 1. The van der Waals surface area contributed by atoms with Gasteiger partial charge in [0, 0.05) is 14.8 Å². The number of ether oxygens (including phenoxy) is 4. The summed E-state index contributed by atoms with van der Waals surface area (Å²) in [6, 6.07) is -1.68. The van der Waals surface area contributed by atoms with Gasteiger partial charge in [0.1, 0.15) is 40.7 Å². The first-order valence-electron chi connectivity index (χ1n) is 15.6. The van der Waals surface area contributed by atoms with E-state index in [-0.39, 0.29) is 40.1 Å². The Kier molecular flexibility index (Phi) is 27.6. The number of nitrogens with zero attached hydrogens (tertiary/aromatic N) is 2. The number of carbonyl (C=O) groups excluding carboxylic acids is 5. The van der Waals surface area contributed by atoms with Crippen molar-refractivity contribution in [2.75, 3.05) is 0 Å². The van der Waals surface area contributed by atoms with E-state index < -0.39 is 70.7 Å². The van der Waals surface area contributed by atoms with Crippen LogP contribution >= 0.6 is 0 Å². The summed E-state index contributed by atoms with van der Waals surface area (Å²) in [5.74, 6) is -1.50. The Hall–Kier alpha value is -2.23. The van der Waals surface area contributed by atoms with Gasteiger partial charge in [-0.05, 0) is 102 Å². The Morgan fingerprint density at radius 1 is 0.604 bits per heavy atom. The molecule has 275 valence electrons. The summed E-state index contributed by atoms with van der Waals surface area (Å²) >= 11 is 0. The van der Waals surface area contributed by atoms with Crippen molar-refractivity contribution in [2.45, 2.75) is 170 Å². The second-order valence-electron chi connectivity index (χ2n) is 13.8. The summed E-state index contributed by atoms with van der Waals surface area (Å²) in [6.07, 6.45) is -1.38. The molecule has 2 aliphatic rings. The number of aliphatic hydroxyl groups excluding tert-OH is 1. The van der Waals surface area contributed by atoms with Crippen LogP contribution in [0.25, 0.3) is 0 Å². The maximum Gasteiger partial charge on any atom is 1.00 e. The molecule has 2 aliphatic heterocycles. The van der Waals surface area contributed by atoms with E-state index in [0.29, 0.717) is 12.8 Å². The van der Waals surface area contributed by atoms with Crippen LogP contribution in [-0.4, -0.2) is 94.1 Å². The molecule has 0 saturated carbocycles. The fraction of sp³-hybridized carbons (Fsp3) is 0.765. The van der Waals surface area contributed by atoms with E-state index in [1.54, 1.807) is 104 Å². The number of esters is 2. The third-order valence-electron chi connectivity index (χ3n) is 5.12. The topological polar surface area (TPSA) is 149 Å². The van der Waals surface area contributed by atoms with Crippen LogP contribution in [0, 0.1) is 20.8 Å². The van der Waals surface area contributed by atoms with Gasteiger partial charge in [-0.3, -0.25) is 9.69 Å². The van der Waals surface area contributed by atoms with E-state index in [4.69, 9.17) is 18.9 Å². The molecule has 0 bridgehead atoms. The molecule has 1 unspecified atom stereocenters. The van der Waals surface area contributed by atoms with Crippen molar-refractivity contribution in [3.63, 3.8) is 0 Å². The van der Waals surface area contributed by atoms with Crippen molar-refractivity contribution in [1.29, 1.82) is 0 Å². The SMILES string of the molecule is CC(C)(C)OC(=O)[C@@H]1CCC(=O)N1C(=O)OC(C)(C)C.CC(C)(C)OC(=O)[C@@H]1CCC(O)N1C(=O)OC(C)(C)C.[B].[CH2-]C.[CH2-]C.[CH2-]C.[Li+]. The van der Waals surface area contributed by atoms with E-state index in [1.165, 1.54) is 0 Å². The Morgan fingerprint density at radius 3 is 1.29 bits per heavy atom. The van der Waals surface area contributed by atoms with Crippen LogP contribution < -0.4 is 18.9 Å². The maximum atomic E-state index is 12.1. The summed E-state index contributed by atoms with van der Waals surface area (Å²) in [6.45, 7) is 35.8. The van der Waals surface area contributed by atoms with Crippen LogP contribution in [0.5, 0.6) is 0 Å². The Bertz CT molecular complexity index is 967. The predicted octanol–water partition coefficient (Wildman–Crippen LogP) is 3.44. The van der Waals surface area contributed by atoms with Gasteiger partial charge in [-0.15, -0.1) is 0 Å². The molecule has 2 heterocycles. The summed E-state index contributed by atoms with van der Waals surface area (Å²) in [7, 11) is 0. The Balaban J connectivity index is -0.000000214. The molecule has 0 aromatic heterocycles. The van der Waals surface area contributed by atoms with Gasteiger partial charge in [0.2, 0.25) is 5.91 Å². The summed E-state index contributed by atoms with van der Waals surface area (Å²) in [4.78, 5) is 62.0. The number of hydrogen-bond acceptors (Lipinski definition) is 10. The molecule has 0 spiro atoms. The third kappa shape index (κ3) is 22.4. The van der Waals surface area contributed by atoms with Crippen molar-refractivity contribution in [3.8, 4) is 0 Å². The molecule has 2 fully saturated rings. The zero-order valence-electron chi connectivity index (χ0n) is 32.8. The van der Waals surface area contributed by atoms with Gasteiger partial charge in [0.15, 0.2) is 0 Å². The normalized spacial score (nSPS) is 18.6. The van der Waals surface area contributed by atoms with Gasteiger partial charge in [-0.2, -0.15) is 20.8 Å². The number of aliphatic hydroxyl groups is 1. The van der Waals surface area contributed by atoms with E-state index in [0.717, 1.165) is 9.80 Å². The minimum atomic E-state index is -1.01. The van der Waals surface area contributed by atoms with Gasteiger partial charge in [0.05, 0.1) is 0 Å². The fourth-order valence-corrected chi connectivity index (χ4v) is 3.77. The van der Waals surface area contributed by atoms with Crippen molar-refractivity contribution < 1.29 is 66.9 Å². The molecular formula is C34H63BLiN2O10-2. The van der Waals surface area contributed by atoms with Gasteiger partial charge >= 0.3 is 43.0 Å². The smallest absolute Gasteiger partial charge is 0.458 e. The molecule has 1 N–H and O–H groups in total. The van der Waals surface area contributed by atoms with Crippen LogP contribution in [0.1, 0.15) is 130 Å². The third-order valence-corrected chi connectivity index (χ3v) is 5.12. The Morgan fingerprint density at radius 2 is 0.938 bits per heavy atom. The number of likely N-dealkylation sites (tertiary alicyclic amines) is 2. The average molecular weight is 678 g/mol. The van der Waals surface area contributed by atoms with Crippen LogP contribution in [0.4, 0.5) is 9.59 Å². The first kappa shape index (κ1) is 55.2. The molecule has 0 aliphatic carbocycles. The summed E-state index contributed by atoms with van der Waals surface area (Å²) in [5.41, 5.74) is -2.71. The first-order chi connectivity index (χ1) is 20.8. The number of amides is 3. The fourth-order valence-electron chi connectivity index (χ4n) is 3.77. The summed E-state index contributed by atoms with van der Waals surface area (Å²) < 4.78 is 20.9. The molecule has 0 aromatic rings. The number of rotatable bonds is 2. The second-order valence-corrected chi connectivity index (χ2v) is 13.8. The van der Waals surface area contributed by atoms with Crippen molar-refractivity contribution in [3.05, 3.63) is 20.8 Å². The molecule has 0 aromatic carbocycles.